The number of anilines is 1. The molecule has 1 aliphatic heterocycles. The second-order valence-corrected chi connectivity index (χ2v) is 3.79. The average molecular weight is 260 g/mol. The van der Waals surface area contributed by atoms with Crippen LogP contribution in [-0.2, 0) is 11.0 Å². The number of nitrogens with zero attached hydrogens (tertiary/aromatic N) is 1. The van der Waals surface area contributed by atoms with Crippen molar-refractivity contribution in [2.75, 3.05) is 11.4 Å². The van der Waals surface area contributed by atoms with Gasteiger partial charge in [0.15, 0.2) is 5.11 Å². The Labute approximate surface area is 100 Å². The predicted molar refractivity (Wildman–Crippen MR) is 59.5 cm³/mol. The molecule has 2 rings (SSSR count). The molecule has 0 spiro atoms. The molecule has 1 aromatic rings. The number of hydrogen-bond donors (Lipinski definition) is 1. The molecule has 1 saturated heterocycles. The van der Waals surface area contributed by atoms with Gasteiger partial charge in [0.2, 0.25) is 0 Å². The zero-order valence-electron chi connectivity index (χ0n) is 8.41. The number of thiocarbonyl (C=S) groups is 1. The van der Waals surface area contributed by atoms with Crippen LogP contribution in [0.15, 0.2) is 24.3 Å². The molecule has 1 N–H and O–H groups in total. The van der Waals surface area contributed by atoms with E-state index in [1.54, 1.807) is 0 Å². The highest BCUT2D eigenvalue weighted by atomic mass is 32.1. The first-order valence-corrected chi connectivity index (χ1v) is 5.09. The van der Waals surface area contributed by atoms with Gasteiger partial charge < -0.3 is 5.32 Å². The third-order valence-corrected chi connectivity index (χ3v) is 2.62. The lowest BCUT2D eigenvalue weighted by Gasteiger charge is -2.19. The van der Waals surface area contributed by atoms with Crippen LogP contribution in [0.2, 0.25) is 0 Å². The molecule has 1 fully saturated rings. The van der Waals surface area contributed by atoms with Crippen LogP contribution in [0, 0.1) is 0 Å². The van der Waals surface area contributed by atoms with E-state index in [-0.39, 0.29) is 17.3 Å². The van der Waals surface area contributed by atoms with Gasteiger partial charge in [0.05, 0.1) is 17.8 Å². The molecule has 3 nitrogen and oxygen atoms in total. The summed E-state index contributed by atoms with van der Waals surface area (Å²) in [6, 6.07) is 4.84. The lowest BCUT2D eigenvalue weighted by Crippen LogP contribution is -2.32. The van der Waals surface area contributed by atoms with Gasteiger partial charge in [0.1, 0.15) is 0 Å². The van der Waals surface area contributed by atoms with Gasteiger partial charge in [-0.2, -0.15) is 13.2 Å². The molecule has 0 aromatic heterocycles. The highest BCUT2D eigenvalue weighted by Gasteiger charge is 2.38. The number of amides is 1. The Kier molecular flexibility index (Phi) is 2.78. The summed E-state index contributed by atoms with van der Waals surface area (Å²) in [7, 11) is 0. The highest BCUT2D eigenvalue weighted by molar-refractivity contribution is 7.80. The first kappa shape index (κ1) is 11.8. The van der Waals surface area contributed by atoms with E-state index in [0.29, 0.717) is 0 Å². The van der Waals surface area contributed by atoms with Crippen molar-refractivity contribution in [3.8, 4) is 0 Å². The van der Waals surface area contributed by atoms with E-state index >= 15 is 0 Å². The van der Waals surface area contributed by atoms with E-state index in [1.165, 1.54) is 18.2 Å². The fourth-order valence-corrected chi connectivity index (χ4v) is 1.85. The Morgan fingerprint density at radius 3 is 2.47 bits per heavy atom. The highest BCUT2D eigenvalue weighted by Crippen LogP contribution is 2.36. The lowest BCUT2D eigenvalue weighted by molar-refractivity contribution is -0.137. The van der Waals surface area contributed by atoms with E-state index < -0.39 is 17.6 Å². The second-order valence-electron chi connectivity index (χ2n) is 3.40. The number of rotatable bonds is 1. The van der Waals surface area contributed by atoms with Crippen LogP contribution < -0.4 is 10.2 Å². The van der Waals surface area contributed by atoms with Gasteiger partial charge in [-0.15, -0.1) is 0 Å². The first-order chi connectivity index (χ1) is 7.91. The predicted octanol–water partition coefficient (Wildman–Crippen LogP) is 1.93. The van der Waals surface area contributed by atoms with Crippen molar-refractivity contribution in [2.45, 2.75) is 6.18 Å². The summed E-state index contributed by atoms with van der Waals surface area (Å²) >= 11 is 4.81. The minimum Gasteiger partial charge on any atom is -0.353 e. The quantitative estimate of drug-likeness (QED) is 0.783. The summed E-state index contributed by atoms with van der Waals surface area (Å²) in [6.45, 7) is -0.0783. The number of hydrogen-bond acceptors (Lipinski definition) is 2. The molecule has 1 heterocycles. The first-order valence-electron chi connectivity index (χ1n) is 4.68. The molecule has 7 heteroatoms. The van der Waals surface area contributed by atoms with Crippen LogP contribution in [0.1, 0.15) is 5.56 Å². The third-order valence-electron chi connectivity index (χ3n) is 2.29. The van der Waals surface area contributed by atoms with Gasteiger partial charge >= 0.3 is 6.18 Å². The number of carbonyl (C=O) groups is 1. The number of carbonyl (C=O) groups excluding carboxylic acids is 1. The smallest absolute Gasteiger partial charge is 0.353 e. The van der Waals surface area contributed by atoms with Crippen molar-refractivity contribution in [1.29, 1.82) is 0 Å². The number of alkyl halides is 3. The van der Waals surface area contributed by atoms with Crippen LogP contribution in [0.4, 0.5) is 18.9 Å². The molecule has 0 unspecified atom stereocenters. The number of benzene rings is 1. The number of halogens is 3. The van der Waals surface area contributed by atoms with Gasteiger partial charge in [-0.25, -0.2) is 0 Å². The Hall–Kier alpha value is -1.63. The fourth-order valence-electron chi connectivity index (χ4n) is 1.57. The molecule has 0 aliphatic carbocycles. The fraction of sp³-hybridized carbons (Fsp3) is 0.200. The molecule has 0 bridgehead atoms. The molecule has 0 saturated carbocycles. The Morgan fingerprint density at radius 1 is 1.29 bits per heavy atom. The van der Waals surface area contributed by atoms with E-state index in [4.69, 9.17) is 12.2 Å². The van der Waals surface area contributed by atoms with Crippen molar-refractivity contribution in [1.82, 2.24) is 5.32 Å². The topological polar surface area (TPSA) is 32.3 Å². The minimum absolute atomic E-state index is 0.00769. The summed E-state index contributed by atoms with van der Waals surface area (Å²) in [5, 5.41) is 2.53. The van der Waals surface area contributed by atoms with E-state index in [9.17, 15) is 18.0 Å². The monoisotopic (exact) mass is 260 g/mol. The summed E-state index contributed by atoms with van der Waals surface area (Å²) in [6.07, 6.45) is -4.52. The molecule has 1 aliphatic rings. The molecule has 0 radical (unpaired) electrons. The zero-order chi connectivity index (χ0) is 12.6. The van der Waals surface area contributed by atoms with Crippen molar-refractivity contribution in [3.05, 3.63) is 29.8 Å². The second kappa shape index (κ2) is 3.99. The minimum atomic E-state index is -4.52. The van der Waals surface area contributed by atoms with Crippen LogP contribution in [0.25, 0.3) is 0 Å². The van der Waals surface area contributed by atoms with Crippen LogP contribution >= 0.6 is 12.2 Å². The van der Waals surface area contributed by atoms with Gasteiger partial charge in [0, 0.05) is 0 Å². The lowest BCUT2D eigenvalue weighted by atomic mass is 10.1. The third kappa shape index (κ3) is 2.10. The summed E-state index contributed by atoms with van der Waals surface area (Å²) in [5.41, 5.74) is -1.11. The number of nitrogens with one attached hydrogen (secondary N) is 1. The van der Waals surface area contributed by atoms with Crippen molar-refractivity contribution < 1.29 is 18.0 Å². The van der Waals surface area contributed by atoms with E-state index in [1.807, 2.05) is 0 Å². The molecule has 90 valence electrons. The standard InChI is InChI=1S/C10H7F3N2OS/c11-10(12,13)6-3-1-2-4-7(6)15-8(16)5-14-9(15)17/h1-4H,5H2,(H,14,17). The molecule has 0 atom stereocenters. The maximum atomic E-state index is 12.8. The van der Waals surface area contributed by atoms with Gasteiger partial charge in [0.25, 0.3) is 5.91 Å². The maximum absolute atomic E-state index is 12.8. The Morgan fingerprint density at radius 2 is 1.94 bits per heavy atom. The summed E-state index contributed by atoms with van der Waals surface area (Å²) < 4.78 is 38.3. The van der Waals surface area contributed by atoms with Crippen LogP contribution in [0.5, 0.6) is 0 Å². The molecular formula is C10H7F3N2OS. The normalized spacial score (nSPS) is 16.3. The van der Waals surface area contributed by atoms with E-state index in [0.717, 1.165) is 11.0 Å². The Balaban J connectivity index is 2.52. The van der Waals surface area contributed by atoms with Crippen LogP contribution in [-0.4, -0.2) is 17.6 Å². The SMILES string of the molecule is O=C1CNC(=S)N1c1ccccc1C(F)(F)F. The molecule has 1 aromatic carbocycles. The maximum Gasteiger partial charge on any atom is 0.418 e. The van der Waals surface area contributed by atoms with E-state index in [2.05, 4.69) is 5.32 Å². The van der Waals surface area contributed by atoms with Crippen molar-refractivity contribution in [3.63, 3.8) is 0 Å². The molecule has 17 heavy (non-hydrogen) atoms. The summed E-state index contributed by atoms with van der Waals surface area (Å²) in [5.74, 6) is -0.494. The van der Waals surface area contributed by atoms with Crippen molar-refractivity contribution in [2.24, 2.45) is 0 Å². The Bertz CT molecular complexity index is 471. The molecule has 1 amide bonds. The zero-order valence-corrected chi connectivity index (χ0v) is 9.23. The number of para-hydroxylation sites is 1. The van der Waals surface area contributed by atoms with Crippen LogP contribution in [0.3, 0.4) is 0 Å². The molecular weight excluding hydrogens is 253 g/mol. The van der Waals surface area contributed by atoms with Gasteiger partial charge in [-0.1, -0.05) is 12.1 Å². The average Bonchev–Trinajstić information content (AvgIpc) is 2.57. The summed E-state index contributed by atoms with van der Waals surface area (Å²) in [4.78, 5) is 12.3. The van der Waals surface area contributed by atoms with Gasteiger partial charge in [-0.3, -0.25) is 9.69 Å². The van der Waals surface area contributed by atoms with Gasteiger partial charge in [-0.05, 0) is 24.4 Å². The largest absolute Gasteiger partial charge is 0.418 e. The van der Waals surface area contributed by atoms with Crippen molar-refractivity contribution >= 4 is 28.9 Å².